The second-order valence-electron chi connectivity index (χ2n) is 4.17. The average molecular weight is 262 g/mol. The molecule has 5 heteroatoms. The van der Waals surface area contributed by atoms with E-state index in [-0.39, 0.29) is 0 Å². The third kappa shape index (κ3) is 3.29. The molecule has 1 aromatic rings. The van der Waals surface area contributed by atoms with Crippen molar-refractivity contribution in [2.24, 2.45) is 5.41 Å². The van der Waals surface area contributed by atoms with Gasteiger partial charge in [-0.25, -0.2) is 0 Å². The van der Waals surface area contributed by atoms with Crippen LogP contribution in [0.15, 0.2) is 18.2 Å². The van der Waals surface area contributed by atoms with Crippen LogP contribution in [0.3, 0.4) is 0 Å². The first-order chi connectivity index (χ1) is 7.33. The fourth-order valence-electron chi connectivity index (χ4n) is 1.00. The molecule has 2 N–H and O–H groups in total. The molecular formula is C11H13Cl2NO2. The van der Waals surface area contributed by atoms with E-state index in [1.54, 1.807) is 32.0 Å². The van der Waals surface area contributed by atoms with Gasteiger partial charge in [0.2, 0.25) is 0 Å². The van der Waals surface area contributed by atoms with Crippen LogP contribution < -0.4 is 5.32 Å². The third-order valence-electron chi connectivity index (χ3n) is 2.23. The maximum absolute atomic E-state index is 10.9. The first-order valence-electron chi connectivity index (χ1n) is 4.75. The number of hydrogen-bond donors (Lipinski definition) is 2. The van der Waals surface area contributed by atoms with Crippen LogP contribution in [0, 0.1) is 5.41 Å². The molecule has 3 nitrogen and oxygen atoms in total. The average Bonchev–Trinajstić information content (AvgIpc) is 2.20. The van der Waals surface area contributed by atoms with E-state index in [9.17, 15) is 4.79 Å². The fraction of sp³-hybridized carbons (Fsp3) is 0.364. The van der Waals surface area contributed by atoms with Gasteiger partial charge in [-0.3, -0.25) is 4.79 Å². The Hall–Kier alpha value is -0.930. The molecular weight excluding hydrogens is 249 g/mol. The van der Waals surface area contributed by atoms with Gasteiger partial charge in [-0.1, -0.05) is 23.2 Å². The van der Waals surface area contributed by atoms with Crippen LogP contribution in [-0.2, 0) is 4.79 Å². The molecule has 0 aliphatic rings. The second kappa shape index (κ2) is 4.93. The molecule has 16 heavy (non-hydrogen) atoms. The smallest absolute Gasteiger partial charge is 0.310 e. The maximum atomic E-state index is 10.9. The Kier molecular flexibility index (Phi) is 4.05. The lowest BCUT2D eigenvalue weighted by Crippen LogP contribution is -2.31. The summed E-state index contributed by atoms with van der Waals surface area (Å²) >= 11 is 11.6. The Morgan fingerprint density at radius 2 is 2.00 bits per heavy atom. The van der Waals surface area contributed by atoms with Gasteiger partial charge in [0.1, 0.15) is 0 Å². The van der Waals surface area contributed by atoms with Gasteiger partial charge >= 0.3 is 5.97 Å². The minimum Gasteiger partial charge on any atom is -0.481 e. The van der Waals surface area contributed by atoms with Crippen LogP contribution in [0.25, 0.3) is 0 Å². The molecule has 0 aliphatic heterocycles. The van der Waals surface area contributed by atoms with Crippen molar-refractivity contribution < 1.29 is 9.90 Å². The largest absolute Gasteiger partial charge is 0.481 e. The summed E-state index contributed by atoms with van der Waals surface area (Å²) in [6, 6.07) is 5.09. The summed E-state index contributed by atoms with van der Waals surface area (Å²) < 4.78 is 0. The monoisotopic (exact) mass is 261 g/mol. The second-order valence-corrected chi connectivity index (χ2v) is 4.99. The number of rotatable bonds is 4. The quantitative estimate of drug-likeness (QED) is 0.872. The maximum Gasteiger partial charge on any atom is 0.310 e. The molecule has 1 aromatic carbocycles. The Bertz CT molecular complexity index is 405. The molecule has 0 radical (unpaired) electrons. The standard InChI is InChI=1S/C11H13Cl2NO2/c1-11(2,10(15)16)6-14-7-3-4-8(12)9(13)5-7/h3-5,14H,6H2,1-2H3,(H,15,16). The van der Waals surface area contributed by atoms with Crippen LogP contribution in [0.1, 0.15) is 13.8 Å². The van der Waals surface area contributed by atoms with Crippen LogP contribution in [0.5, 0.6) is 0 Å². The van der Waals surface area contributed by atoms with E-state index < -0.39 is 11.4 Å². The molecule has 0 amide bonds. The van der Waals surface area contributed by atoms with Crippen molar-refractivity contribution in [3.8, 4) is 0 Å². The van der Waals surface area contributed by atoms with Crippen LogP contribution in [0.2, 0.25) is 10.0 Å². The summed E-state index contributed by atoms with van der Waals surface area (Å²) in [4.78, 5) is 10.9. The van der Waals surface area contributed by atoms with Crippen molar-refractivity contribution >= 4 is 34.9 Å². The molecule has 0 heterocycles. The zero-order valence-electron chi connectivity index (χ0n) is 9.05. The van der Waals surface area contributed by atoms with Gasteiger partial charge in [-0.2, -0.15) is 0 Å². The number of aliphatic carboxylic acids is 1. The Morgan fingerprint density at radius 3 is 2.50 bits per heavy atom. The SMILES string of the molecule is CC(C)(CNc1ccc(Cl)c(Cl)c1)C(=O)O. The molecule has 0 aliphatic carbocycles. The van der Waals surface area contributed by atoms with E-state index in [4.69, 9.17) is 28.3 Å². The van der Waals surface area contributed by atoms with E-state index >= 15 is 0 Å². The van der Waals surface area contributed by atoms with Crippen molar-refractivity contribution in [2.75, 3.05) is 11.9 Å². The van der Waals surface area contributed by atoms with Gasteiger partial charge in [-0.05, 0) is 32.0 Å². The van der Waals surface area contributed by atoms with Gasteiger partial charge in [0.25, 0.3) is 0 Å². The highest BCUT2D eigenvalue weighted by molar-refractivity contribution is 6.42. The summed E-state index contributed by atoms with van der Waals surface area (Å²) in [7, 11) is 0. The molecule has 0 aromatic heterocycles. The predicted octanol–water partition coefficient (Wildman–Crippen LogP) is 3.52. The third-order valence-corrected chi connectivity index (χ3v) is 2.97. The molecule has 0 spiro atoms. The van der Waals surface area contributed by atoms with Crippen molar-refractivity contribution in [2.45, 2.75) is 13.8 Å². The molecule has 88 valence electrons. The first-order valence-corrected chi connectivity index (χ1v) is 5.51. The lowest BCUT2D eigenvalue weighted by Gasteiger charge is -2.20. The summed E-state index contributed by atoms with van der Waals surface area (Å²) in [5.41, 5.74) is -0.0738. The van der Waals surface area contributed by atoms with Crippen LogP contribution in [-0.4, -0.2) is 17.6 Å². The molecule has 0 saturated heterocycles. The Balaban J connectivity index is 2.68. The Labute approximate surface area is 104 Å². The van der Waals surface area contributed by atoms with Gasteiger partial charge in [0.15, 0.2) is 0 Å². The van der Waals surface area contributed by atoms with Crippen molar-refractivity contribution in [1.82, 2.24) is 0 Å². The lowest BCUT2D eigenvalue weighted by molar-refractivity contribution is -0.146. The molecule has 0 fully saturated rings. The molecule has 0 unspecified atom stereocenters. The number of benzene rings is 1. The topological polar surface area (TPSA) is 49.3 Å². The van der Waals surface area contributed by atoms with Gasteiger partial charge < -0.3 is 10.4 Å². The fourth-order valence-corrected chi connectivity index (χ4v) is 1.30. The number of halogens is 2. The highest BCUT2D eigenvalue weighted by Crippen LogP contribution is 2.26. The van der Waals surface area contributed by atoms with E-state index in [0.717, 1.165) is 5.69 Å². The highest BCUT2D eigenvalue weighted by Gasteiger charge is 2.26. The zero-order valence-corrected chi connectivity index (χ0v) is 10.6. The normalized spacial score (nSPS) is 11.2. The predicted molar refractivity (Wildman–Crippen MR) is 66.4 cm³/mol. The lowest BCUT2D eigenvalue weighted by atomic mass is 9.94. The first kappa shape index (κ1) is 13.1. The van der Waals surface area contributed by atoms with E-state index in [1.807, 2.05) is 0 Å². The number of hydrogen-bond acceptors (Lipinski definition) is 2. The molecule has 0 bridgehead atoms. The summed E-state index contributed by atoms with van der Waals surface area (Å²) in [6.45, 7) is 3.63. The van der Waals surface area contributed by atoms with Gasteiger partial charge in [0, 0.05) is 12.2 Å². The summed E-state index contributed by atoms with van der Waals surface area (Å²) in [6.07, 6.45) is 0. The van der Waals surface area contributed by atoms with Crippen molar-refractivity contribution in [1.29, 1.82) is 0 Å². The molecule has 0 saturated carbocycles. The van der Waals surface area contributed by atoms with Crippen molar-refractivity contribution in [3.05, 3.63) is 28.2 Å². The van der Waals surface area contributed by atoms with Crippen LogP contribution >= 0.6 is 23.2 Å². The number of anilines is 1. The minimum atomic E-state index is -0.847. The van der Waals surface area contributed by atoms with Crippen molar-refractivity contribution in [3.63, 3.8) is 0 Å². The van der Waals surface area contributed by atoms with Crippen LogP contribution in [0.4, 0.5) is 5.69 Å². The molecule has 1 rings (SSSR count). The Morgan fingerprint density at radius 1 is 1.38 bits per heavy atom. The molecule has 0 atom stereocenters. The van der Waals surface area contributed by atoms with Gasteiger partial charge in [-0.15, -0.1) is 0 Å². The summed E-state index contributed by atoms with van der Waals surface area (Å²) in [5, 5.41) is 12.9. The van der Waals surface area contributed by atoms with E-state index in [2.05, 4.69) is 5.32 Å². The number of carbonyl (C=O) groups is 1. The zero-order chi connectivity index (χ0) is 12.3. The minimum absolute atomic E-state index is 0.320. The number of nitrogens with one attached hydrogen (secondary N) is 1. The van der Waals surface area contributed by atoms with E-state index in [1.165, 1.54) is 0 Å². The number of carboxylic acid groups (broad SMARTS) is 1. The number of carboxylic acids is 1. The van der Waals surface area contributed by atoms with Gasteiger partial charge in [0.05, 0.1) is 15.5 Å². The van der Waals surface area contributed by atoms with E-state index in [0.29, 0.717) is 16.6 Å². The highest BCUT2D eigenvalue weighted by atomic mass is 35.5. The summed E-state index contributed by atoms with van der Waals surface area (Å²) in [5.74, 6) is -0.847.